The van der Waals surface area contributed by atoms with Gasteiger partial charge in [-0.15, -0.1) is 11.3 Å². The molecule has 2 unspecified atom stereocenters. The summed E-state index contributed by atoms with van der Waals surface area (Å²) in [5.41, 5.74) is 8.19. The summed E-state index contributed by atoms with van der Waals surface area (Å²) < 4.78 is 0. The highest BCUT2D eigenvalue weighted by molar-refractivity contribution is 7.09. The molecular weight excluding hydrogens is 382 g/mol. The number of primary amides is 1. The number of thiophene rings is 1. The summed E-state index contributed by atoms with van der Waals surface area (Å²) in [6, 6.07) is 12.2. The molecule has 29 heavy (non-hydrogen) atoms. The van der Waals surface area contributed by atoms with Gasteiger partial charge >= 0.3 is 0 Å². The van der Waals surface area contributed by atoms with Crippen LogP contribution in [0.25, 0.3) is 0 Å². The van der Waals surface area contributed by atoms with Crippen molar-refractivity contribution >= 4 is 23.2 Å². The molecular formula is C23H27N3O2S. The lowest BCUT2D eigenvalue weighted by atomic mass is 9.92. The maximum absolute atomic E-state index is 13.0. The van der Waals surface area contributed by atoms with Crippen molar-refractivity contribution in [2.75, 3.05) is 0 Å². The number of nitrogens with two attached hydrogens (primary N) is 1. The standard InChI is InChI=1S/C23H27N3O2S/c1-2-15(25-19(23(24)28)14-16-6-5-13-29-16)9-12-22(27)26-20-10-11-21(26)18-8-4-3-7-17(18)20/h3-9,12-13,15,19-21,25H,2,10-11,14H2,1H3,(H2,24,28)/b12-9+/t15-,19-,20?,21?/m0/s1. The molecule has 1 aromatic heterocycles. The van der Waals surface area contributed by atoms with Gasteiger partial charge in [0.15, 0.2) is 0 Å². The molecule has 152 valence electrons. The van der Waals surface area contributed by atoms with Crippen LogP contribution in [0.2, 0.25) is 0 Å². The van der Waals surface area contributed by atoms with E-state index in [0.717, 1.165) is 24.1 Å². The number of rotatable bonds is 8. The number of benzene rings is 1. The Morgan fingerprint density at radius 2 is 1.90 bits per heavy atom. The van der Waals surface area contributed by atoms with Gasteiger partial charge in [0.05, 0.1) is 18.1 Å². The first-order chi connectivity index (χ1) is 14.1. The summed E-state index contributed by atoms with van der Waals surface area (Å²) in [6.07, 6.45) is 6.95. The van der Waals surface area contributed by atoms with E-state index in [0.29, 0.717) is 6.42 Å². The number of nitrogens with one attached hydrogen (secondary N) is 1. The van der Waals surface area contributed by atoms with Crippen molar-refractivity contribution in [2.24, 2.45) is 5.73 Å². The van der Waals surface area contributed by atoms with Crippen molar-refractivity contribution in [2.45, 2.75) is 56.8 Å². The van der Waals surface area contributed by atoms with Gasteiger partial charge in [0.25, 0.3) is 0 Å². The van der Waals surface area contributed by atoms with Gasteiger partial charge in [-0.2, -0.15) is 0 Å². The molecule has 4 rings (SSSR count). The molecule has 5 nitrogen and oxygen atoms in total. The van der Waals surface area contributed by atoms with E-state index < -0.39 is 6.04 Å². The number of hydrogen-bond acceptors (Lipinski definition) is 4. The van der Waals surface area contributed by atoms with E-state index in [1.165, 1.54) is 11.1 Å². The molecule has 0 radical (unpaired) electrons. The molecule has 4 atom stereocenters. The minimum absolute atomic E-state index is 0.0443. The van der Waals surface area contributed by atoms with Gasteiger partial charge < -0.3 is 10.6 Å². The number of nitrogens with zero attached hydrogens (tertiary/aromatic N) is 1. The van der Waals surface area contributed by atoms with Crippen LogP contribution in [0.15, 0.2) is 53.9 Å². The zero-order valence-electron chi connectivity index (χ0n) is 16.6. The van der Waals surface area contributed by atoms with Crippen molar-refractivity contribution < 1.29 is 9.59 Å². The summed E-state index contributed by atoms with van der Waals surface area (Å²) in [5.74, 6) is -0.326. The zero-order valence-corrected chi connectivity index (χ0v) is 17.4. The van der Waals surface area contributed by atoms with Gasteiger partial charge in [0.2, 0.25) is 11.8 Å². The van der Waals surface area contributed by atoms with Crippen molar-refractivity contribution in [3.8, 4) is 0 Å². The van der Waals surface area contributed by atoms with Crippen LogP contribution in [0.1, 0.15) is 54.3 Å². The van der Waals surface area contributed by atoms with Crippen LogP contribution in [0.4, 0.5) is 0 Å². The predicted octanol–water partition coefficient (Wildman–Crippen LogP) is 3.49. The lowest BCUT2D eigenvalue weighted by Gasteiger charge is -2.22. The fourth-order valence-corrected chi connectivity index (χ4v) is 5.32. The van der Waals surface area contributed by atoms with E-state index in [1.807, 2.05) is 47.5 Å². The summed E-state index contributed by atoms with van der Waals surface area (Å²) in [5, 5.41) is 5.31. The van der Waals surface area contributed by atoms with Crippen LogP contribution in [0, 0.1) is 0 Å². The van der Waals surface area contributed by atoms with Crippen molar-refractivity contribution in [3.05, 3.63) is 69.9 Å². The molecule has 3 N–H and O–H groups in total. The molecule has 6 heteroatoms. The Labute approximate surface area is 175 Å². The number of carbonyl (C=O) groups excluding carboxylic acids is 2. The van der Waals surface area contributed by atoms with E-state index in [1.54, 1.807) is 17.4 Å². The molecule has 0 saturated carbocycles. The molecule has 2 bridgehead atoms. The van der Waals surface area contributed by atoms with Crippen molar-refractivity contribution in [1.29, 1.82) is 0 Å². The van der Waals surface area contributed by atoms with Gasteiger partial charge in [-0.1, -0.05) is 43.3 Å². The quantitative estimate of drug-likeness (QED) is 0.656. The minimum Gasteiger partial charge on any atom is -0.368 e. The largest absolute Gasteiger partial charge is 0.368 e. The topological polar surface area (TPSA) is 75.4 Å². The molecule has 0 aliphatic carbocycles. The second-order valence-electron chi connectivity index (χ2n) is 7.76. The molecule has 1 aromatic carbocycles. The molecule has 0 spiro atoms. The lowest BCUT2D eigenvalue weighted by molar-refractivity contribution is -0.128. The second kappa shape index (κ2) is 8.51. The first-order valence-electron chi connectivity index (χ1n) is 10.3. The van der Waals surface area contributed by atoms with E-state index in [2.05, 4.69) is 17.4 Å². The summed E-state index contributed by atoms with van der Waals surface area (Å²) in [4.78, 5) is 28.0. The highest BCUT2D eigenvalue weighted by Crippen LogP contribution is 2.52. The number of amides is 2. The molecule has 2 amide bonds. The average molecular weight is 410 g/mol. The maximum Gasteiger partial charge on any atom is 0.247 e. The normalized spacial score (nSPS) is 22.0. The van der Waals surface area contributed by atoms with Crippen LogP contribution in [-0.2, 0) is 16.0 Å². The second-order valence-corrected chi connectivity index (χ2v) is 8.79. The summed E-state index contributed by atoms with van der Waals surface area (Å²) in [6.45, 7) is 2.03. The SMILES string of the molecule is CC[C@@H](/C=C/C(=O)N1C2CCC1c1ccccc12)N[C@@H](Cc1cccs1)C(N)=O. The van der Waals surface area contributed by atoms with E-state index in [-0.39, 0.29) is 29.9 Å². The smallest absolute Gasteiger partial charge is 0.247 e. The molecule has 2 aliphatic heterocycles. The van der Waals surface area contributed by atoms with Gasteiger partial charge in [-0.05, 0) is 41.8 Å². The van der Waals surface area contributed by atoms with E-state index in [4.69, 9.17) is 5.73 Å². The van der Waals surface area contributed by atoms with Gasteiger partial charge in [-0.3, -0.25) is 14.9 Å². The fraction of sp³-hybridized carbons (Fsp3) is 0.391. The van der Waals surface area contributed by atoms with Crippen LogP contribution in [0.5, 0.6) is 0 Å². The summed E-state index contributed by atoms with van der Waals surface area (Å²) >= 11 is 1.61. The van der Waals surface area contributed by atoms with Crippen molar-refractivity contribution in [1.82, 2.24) is 10.2 Å². The van der Waals surface area contributed by atoms with E-state index in [9.17, 15) is 9.59 Å². The van der Waals surface area contributed by atoms with E-state index >= 15 is 0 Å². The fourth-order valence-electron chi connectivity index (χ4n) is 4.57. The lowest BCUT2D eigenvalue weighted by Crippen LogP contribution is -2.47. The number of hydrogen-bond donors (Lipinski definition) is 2. The first kappa shape index (κ1) is 19.9. The van der Waals surface area contributed by atoms with Gasteiger partial charge in [-0.25, -0.2) is 0 Å². The molecule has 1 saturated heterocycles. The Morgan fingerprint density at radius 1 is 1.21 bits per heavy atom. The Bertz CT molecular complexity index is 878. The molecule has 1 fully saturated rings. The highest BCUT2D eigenvalue weighted by atomic mass is 32.1. The van der Waals surface area contributed by atoms with Gasteiger partial charge in [0, 0.05) is 23.4 Å². The van der Waals surface area contributed by atoms with Crippen LogP contribution < -0.4 is 11.1 Å². The minimum atomic E-state index is -0.453. The molecule has 3 heterocycles. The van der Waals surface area contributed by atoms with Gasteiger partial charge in [0.1, 0.15) is 0 Å². The van der Waals surface area contributed by atoms with Crippen LogP contribution in [-0.4, -0.2) is 28.8 Å². The number of carbonyl (C=O) groups is 2. The Balaban J connectivity index is 1.42. The zero-order chi connectivity index (χ0) is 20.4. The third kappa shape index (κ3) is 4.00. The maximum atomic E-state index is 13.0. The summed E-state index contributed by atoms with van der Waals surface area (Å²) in [7, 11) is 0. The number of fused-ring (bicyclic) bond motifs is 5. The monoisotopic (exact) mass is 409 g/mol. The van der Waals surface area contributed by atoms with Crippen molar-refractivity contribution in [3.63, 3.8) is 0 Å². The average Bonchev–Trinajstić information content (AvgIpc) is 3.45. The first-order valence-corrected chi connectivity index (χ1v) is 11.1. The Morgan fingerprint density at radius 3 is 2.45 bits per heavy atom. The molecule has 2 aliphatic rings. The molecule has 2 aromatic rings. The highest BCUT2D eigenvalue weighted by Gasteiger charge is 2.45. The Hall–Kier alpha value is -2.44. The third-order valence-corrected chi connectivity index (χ3v) is 6.91. The third-order valence-electron chi connectivity index (χ3n) is 6.01. The van der Waals surface area contributed by atoms with Crippen LogP contribution >= 0.6 is 11.3 Å². The predicted molar refractivity (Wildman–Crippen MR) is 115 cm³/mol. The Kier molecular flexibility index (Phi) is 5.83. The van der Waals surface area contributed by atoms with Crippen LogP contribution in [0.3, 0.4) is 0 Å².